The molecule has 2 N–H and O–H groups in total. The van der Waals surface area contributed by atoms with E-state index in [2.05, 4.69) is 10.2 Å². The van der Waals surface area contributed by atoms with Crippen LogP contribution < -0.4 is 10.5 Å². The van der Waals surface area contributed by atoms with Crippen LogP contribution in [0.1, 0.15) is 37.5 Å². The van der Waals surface area contributed by atoms with Gasteiger partial charge in [-0.2, -0.15) is 0 Å². The van der Waals surface area contributed by atoms with Crippen molar-refractivity contribution >= 4 is 0 Å². The van der Waals surface area contributed by atoms with E-state index in [0.29, 0.717) is 17.9 Å². The summed E-state index contributed by atoms with van der Waals surface area (Å²) in [7, 11) is 1.64. The Morgan fingerprint density at radius 2 is 2.00 bits per heavy atom. The van der Waals surface area contributed by atoms with Crippen LogP contribution in [0, 0.1) is 0 Å². The summed E-state index contributed by atoms with van der Waals surface area (Å²) >= 11 is 0. The molecule has 1 heterocycles. The van der Waals surface area contributed by atoms with Crippen molar-refractivity contribution in [1.82, 2.24) is 10.2 Å². The van der Waals surface area contributed by atoms with E-state index >= 15 is 0 Å². The molecule has 5 heteroatoms. The Kier molecular flexibility index (Phi) is 3.69. The fourth-order valence-corrected chi connectivity index (χ4v) is 2.64. The van der Waals surface area contributed by atoms with Crippen molar-refractivity contribution in [3.8, 4) is 17.2 Å². The molecule has 1 fully saturated rings. The fourth-order valence-electron chi connectivity index (χ4n) is 2.64. The molecule has 1 aromatic carbocycles. The van der Waals surface area contributed by atoms with E-state index in [-0.39, 0.29) is 0 Å². The van der Waals surface area contributed by atoms with Gasteiger partial charge in [-0.05, 0) is 43.9 Å². The highest BCUT2D eigenvalue weighted by Crippen LogP contribution is 2.33. The van der Waals surface area contributed by atoms with Crippen LogP contribution in [0.15, 0.2) is 28.7 Å². The van der Waals surface area contributed by atoms with Crippen LogP contribution in [0.5, 0.6) is 5.75 Å². The Hall–Kier alpha value is -1.88. The Bertz CT molecular complexity index is 574. The first-order chi connectivity index (χ1) is 9.76. The lowest BCUT2D eigenvalue weighted by Gasteiger charge is -2.23. The van der Waals surface area contributed by atoms with Crippen LogP contribution in [0.2, 0.25) is 0 Å². The van der Waals surface area contributed by atoms with Crippen molar-refractivity contribution in [2.75, 3.05) is 7.11 Å². The van der Waals surface area contributed by atoms with Crippen molar-refractivity contribution in [3.63, 3.8) is 0 Å². The number of hydrogen-bond donors (Lipinski definition) is 1. The van der Waals surface area contributed by atoms with Crippen molar-refractivity contribution in [3.05, 3.63) is 30.2 Å². The molecule has 0 spiro atoms. The van der Waals surface area contributed by atoms with Gasteiger partial charge in [-0.1, -0.05) is 6.07 Å². The van der Waals surface area contributed by atoms with Crippen molar-refractivity contribution in [2.45, 2.75) is 37.6 Å². The molecule has 1 aliphatic rings. The fraction of sp³-hybridized carbons (Fsp3) is 0.467. The van der Waals surface area contributed by atoms with Crippen LogP contribution in [0.25, 0.3) is 11.5 Å². The first-order valence-corrected chi connectivity index (χ1v) is 6.99. The lowest BCUT2D eigenvalue weighted by atomic mass is 9.86. The average molecular weight is 273 g/mol. The first-order valence-electron chi connectivity index (χ1n) is 6.99. The van der Waals surface area contributed by atoms with E-state index in [1.165, 1.54) is 0 Å². The van der Waals surface area contributed by atoms with E-state index in [9.17, 15) is 0 Å². The third-order valence-corrected chi connectivity index (χ3v) is 3.88. The minimum absolute atomic E-state index is 0.326. The van der Waals surface area contributed by atoms with E-state index in [4.69, 9.17) is 14.9 Å². The van der Waals surface area contributed by atoms with Crippen molar-refractivity contribution < 1.29 is 9.15 Å². The molecular weight excluding hydrogens is 254 g/mol. The van der Waals surface area contributed by atoms with Gasteiger partial charge in [0.25, 0.3) is 0 Å². The summed E-state index contributed by atoms with van der Waals surface area (Å²) in [6.45, 7) is 0. The van der Waals surface area contributed by atoms with Gasteiger partial charge in [-0.3, -0.25) is 0 Å². The van der Waals surface area contributed by atoms with Crippen LogP contribution in [0.4, 0.5) is 0 Å². The van der Waals surface area contributed by atoms with Crippen LogP contribution in [-0.4, -0.2) is 23.3 Å². The summed E-state index contributed by atoms with van der Waals surface area (Å²) < 4.78 is 11.0. The number of nitrogens with two attached hydrogens (primary N) is 1. The summed E-state index contributed by atoms with van der Waals surface area (Å²) in [5.74, 6) is 2.41. The Balaban J connectivity index is 1.79. The average Bonchev–Trinajstić information content (AvgIpc) is 2.98. The first kappa shape index (κ1) is 13.1. The molecule has 106 valence electrons. The van der Waals surface area contributed by atoms with Crippen molar-refractivity contribution in [1.29, 1.82) is 0 Å². The molecule has 0 amide bonds. The molecule has 0 unspecified atom stereocenters. The molecular formula is C15H19N3O2. The minimum Gasteiger partial charge on any atom is -0.497 e. The Labute approximate surface area is 118 Å². The van der Waals surface area contributed by atoms with Gasteiger partial charge in [0.2, 0.25) is 11.8 Å². The minimum atomic E-state index is 0.326. The van der Waals surface area contributed by atoms with Gasteiger partial charge in [-0.25, -0.2) is 0 Å². The zero-order valence-corrected chi connectivity index (χ0v) is 11.6. The second kappa shape index (κ2) is 5.63. The number of hydrogen-bond acceptors (Lipinski definition) is 5. The Morgan fingerprint density at radius 1 is 1.20 bits per heavy atom. The van der Waals surface area contributed by atoms with Gasteiger partial charge in [0, 0.05) is 17.5 Å². The molecule has 3 rings (SSSR count). The maximum Gasteiger partial charge on any atom is 0.247 e. The predicted molar refractivity (Wildman–Crippen MR) is 75.5 cm³/mol. The third-order valence-electron chi connectivity index (χ3n) is 3.88. The molecule has 1 saturated carbocycles. The monoisotopic (exact) mass is 273 g/mol. The van der Waals surface area contributed by atoms with Gasteiger partial charge < -0.3 is 14.9 Å². The molecule has 5 nitrogen and oxygen atoms in total. The molecule has 2 aromatic rings. The van der Waals surface area contributed by atoms with Gasteiger partial charge in [0.1, 0.15) is 5.75 Å². The lowest BCUT2D eigenvalue weighted by Crippen LogP contribution is -2.25. The highest BCUT2D eigenvalue weighted by molar-refractivity contribution is 5.55. The number of rotatable bonds is 3. The molecule has 1 aromatic heterocycles. The highest BCUT2D eigenvalue weighted by atomic mass is 16.5. The molecule has 0 atom stereocenters. The predicted octanol–water partition coefficient (Wildman–Crippen LogP) is 2.73. The normalized spacial score (nSPS) is 22.7. The maximum absolute atomic E-state index is 5.92. The Morgan fingerprint density at radius 3 is 2.75 bits per heavy atom. The second-order valence-electron chi connectivity index (χ2n) is 5.29. The van der Waals surface area contributed by atoms with E-state index < -0.39 is 0 Å². The molecule has 1 aliphatic carbocycles. The topological polar surface area (TPSA) is 74.2 Å². The second-order valence-corrected chi connectivity index (χ2v) is 5.29. The van der Waals surface area contributed by atoms with Gasteiger partial charge >= 0.3 is 0 Å². The molecule has 0 aliphatic heterocycles. The molecule has 0 bridgehead atoms. The van der Waals surface area contributed by atoms with Gasteiger partial charge in [-0.15, -0.1) is 10.2 Å². The van der Waals surface area contributed by atoms with Crippen LogP contribution in [0.3, 0.4) is 0 Å². The van der Waals surface area contributed by atoms with E-state index in [1.807, 2.05) is 24.3 Å². The molecule has 0 saturated heterocycles. The number of nitrogens with zero attached hydrogens (tertiary/aromatic N) is 2. The SMILES string of the molecule is COc1cccc(-c2nnc(C3CCC(N)CC3)o2)c1. The molecule has 0 radical (unpaired) electrons. The zero-order chi connectivity index (χ0) is 13.9. The van der Waals surface area contributed by atoms with E-state index in [1.54, 1.807) is 7.11 Å². The zero-order valence-electron chi connectivity index (χ0n) is 11.6. The van der Waals surface area contributed by atoms with Gasteiger partial charge in [0.15, 0.2) is 0 Å². The lowest BCUT2D eigenvalue weighted by molar-refractivity contribution is 0.341. The highest BCUT2D eigenvalue weighted by Gasteiger charge is 2.24. The number of methoxy groups -OCH3 is 1. The number of benzene rings is 1. The van der Waals surface area contributed by atoms with Crippen LogP contribution in [-0.2, 0) is 0 Å². The maximum atomic E-state index is 5.92. The summed E-state index contributed by atoms with van der Waals surface area (Å²) in [5, 5.41) is 8.35. The summed E-state index contributed by atoms with van der Waals surface area (Å²) in [5.41, 5.74) is 6.81. The van der Waals surface area contributed by atoms with Crippen molar-refractivity contribution in [2.24, 2.45) is 5.73 Å². The van der Waals surface area contributed by atoms with E-state index in [0.717, 1.165) is 42.9 Å². The quantitative estimate of drug-likeness (QED) is 0.930. The molecule has 20 heavy (non-hydrogen) atoms. The van der Waals surface area contributed by atoms with Crippen LogP contribution >= 0.6 is 0 Å². The number of ether oxygens (including phenoxy) is 1. The summed E-state index contributed by atoms with van der Waals surface area (Å²) in [6.07, 6.45) is 4.12. The third kappa shape index (κ3) is 2.67. The smallest absolute Gasteiger partial charge is 0.247 e. The largest absolute Gasteiger partial charge is 0.497 e. The standard InChI is InChI=1S/C15H19N3O2/c1-19-13-4-2-3-11(9-13)15-18-17-14(20-15)10-5-7-12(16)8-6-10/h2-4,9-10,12H,5-8,16H2,1H3. The summed E-state index contributed by atoms with van der Waals surface area (Å²) in [4.78, 5) is 0. The summed E-state index contributed by atoms with van der Waals surface area (Å²) in [6, 6.07) is 7.97. The van der Waals surface area contributed by atoms with Gasteiger partial charge in [0.05, 0.1) is 7.11 Å². The number of aromatic nitrogens is 2.